The van der Waals surface area contributed by atoms with E-state index in [9.17, 15) is 24.4 Å². The lowest BCUT2D eigenvalue weighted by Gasteiger charge is -2.45. The van der Waals surface area contributed by atoms with Crippen LogP contribution in [0.1, 0.15) is 25.3 Å². The van der Waals surface area contributed by atoms with Crippen molar-refractivity contribution in [2.45, 2.75) is 63.1 Å². The fourth-order valence-electron chi connectivity index (χ4n) is 4.95. The van der Waals surface area contributed by atoms with Gasteiger partial charge in [0.25, 0.3) is 0 Å². The fourth-order valence-corrected chi connectivity index (χ4v) is 7.11. The normalized spacial score (nSPS) is 27.5. The number of hydrogen-bond donors (Lipinski definition) is 3. The minimum Gasteiger partial charge on any atom is -0.497 e. The van der Waals surface area contributed by atoms with Crippen molar-refractivity contribution in [2.75, 3.05) is 27.4 Å². The summed E-state index contributed by atoms with van der Waals surface area (Å²) in [5, 5.41) is 23.6. The smallest absolute Gasteiger partial charge is 0.462 e. The van der Waals surface area contributed by atoms with Crippen molar-refractivity contribution < 1.29 is 52.4 Å². The third kappa shape index (κ3) is 7.48. The zero-order chi connectivity index (χ0) is 30.3. The summed E-state index contributed by atoms with van der Waals surface area (Å²) < 4.78 is 50.0. The van der Waals surface area contributed by atoms with E-state index in [1.54, 1.807) is 12.1 Å². The highest BCUT2D eigenvalue weighted by molar-refractivity contribution is 7.51. The van der Waals surface area contributed by atoms with Crippen molar-refractivity contribution in [1.82, 2.24) is 9.99 Å². The van der Waals surface area contributed by atoms with Crippen molar-refractivity contribution in [3.63, 3.8) is 0 Å². The van der Waals surface area contributed by atoms with Crippen molar-refractivity contribution in [1.29, 1.82) is 0 Å². The first-order valence-corrected chi connectivity index (χ1v) is 15.0. The predicted molar refractivity (Wildman–Crippen MR) is 148 cm³/mol. The van der Waals surface area contributed by atoms with Crippen molar-refractivity contribution in [3.8, 4) is 11.5 Å². The Labute approximate surface area is 244 Å². The molecule has 1 unspecified atom stereocenters. The van der Waals surface area contributed by atoms with E-state index in [0.29, 0.717) is 18.6 Å². The average Bonchev–Trinajstić information content (AvgIpc) is 3.50. The minimum atomic E-state index is -4.49. The molecule has 3 N–H and O–H groups in total. The Morgan fingerprint density at radius 3 is 2.40 bits per heavy atom. The van der Waals surface area contributed by atoms with Crippen molar-refractivity contribution in [2.24, 2.45) is 0 Å². The van der Waals surface area contributed by atoms with Gasteiger partial charge in [0.15, 0.2) is 6.29 Å². The molecule has 1 amide bonds. The van der Waals surface area contributed by atoms with Crippen LogP contribution in [0.5, 0.6) is 11.5 Å². The number of aliphatic hydroxyl groups is 2. The first-order valence-electron chi connectivity index (χ1n) is 13.5. The minimum absolute atomic E-state index is 0.0193. The number of benzene rings is 2. The topological polar surface area (TPSA) is 162 Å². The second-order valence-corrected chi connectivity index (χ2v) is 11.7. The van der Waals surface area contributed by atoms with Gasteiger partial charge in [0, 0.05) is 20.6 Å². The zero-order valence-corrected chi connectivity index (χ0v) is 24.6. The van der Waals surface area contributed by atoms with E-state index in [1.165, 1.54) is 37.9 Å². The van der Waals surface area contributed by atoms with Crippen LogP contribution in [0.15, 0.2) is 54.6 Å². The summed E-state index contributed by atoms with van der Waals surface area (Å²) in [6, 6.07) is 13.2. The molecule has 0 aliphatic carbocycles. The summed E-state index contributed by atoms with van der Waals surface area (Å²) in [6.45, 7) is 0.807. The lowest BCUT2D eigenvalue weighted by molar-refractivity contribution is -0.259. The first kappa shape index (κ1) is 31.9. The maximum Gasteiger partial charge on any atom is 0.462 e. The molecule has 42 heavy (non-hydrogen) atoms. The number of amides is 1. The maximum absolute atomic E-state index is 14.8. The number of aliphatic hydroxyl groups excluding tert-OH is 2. The Hall–Kier alpha value is -3.03. The second kappa shape index (κ2) is 14.4. The molecule has 0 spiro atoms. The van der Waals surface area contributed by atoms with Crippen LogP contribution >= 0.6 is 7.75 Å². The van der Waals surface area contributed by atoms with Crippen LogP contribution < -0.4 is 14.6 Å². The number of rotatable bonds is 12. The summed E-state index contributed by atoms with van der Waals surface area (Å²) in [4.78, 5) is 25.4. The van der Waals surface area contributed by atoms with Gasteiger partial charge >= 0.3 is 13.7 Å². The number of nitrogens with one attached hydrogen (secondary N) is 1. The van der Waals surface area contributed by atoms with E-state index in [1.807, 2.05) is 30.3 Å². The van der Waals surface area contributed by atoms with Gasteiger partial charge in [-0.2, -0.15) is 4.67 Å². The van der Waals surface area contributed by atoms with Crippen LogP contribution in [0, 0.1) is 0 Å². The van der Waals surface area contributed by atoms with Gasteiger partial charge in [-0.1, -0.05) is 30.3 Å². The number of nitrogens with zero attached hydrogens (tertiary/aromatic N) is 1. The van der Waals surface area contributed by atoms with Crippen LogP contribution in [0.3, 0.4) is 0 Å². The molecular weight excluding hydrogens is 571 g/mol. The summed E-state index contributed by atoms with van der Waals surface area (Å²) in [6.07, 6.45) is -4.55. The molecular formula is C28H37N2O11P. The van der Waals surface area contributed by atoms with Crippen molar-refractivity contribution in [3.05, 3.63) is 60.2 Å². The Bertz CT molecular complexity index is 1230. The number of carbonyl (C=O) groups is 2. The molecule has 13 nitrogen and oxygen atoms in total. The van der Waals surface area contributed by atoms with Gasteiger partial charge < -0.3 is 39.0 Å². The highest BCUT2D eigenvalue weighted by Crippen LogP contribution is 2.57. The molecule has 2 aliphatic rings. The largest absolute Gasteiger partial charge is 0.497 e. The molecule has 4 rings (SSSR count). The Morgan fingerprint density at radius 1 is 1.10 bits per heavy atom. The molecule has 0 radical (unpaired) electrons. The number of carbonyl (C=O) groups excluding carboxylic acids is 2. The van der Waals surface area contributed by atoms with Gasteiger partial charge in [0.1, 0.15) is 48.5 Å². The molecule has 14 heteroatoms. The van der Waals surface area contributed by atoms with Gasteiger partial charge in [-0.3, -0.25) is 14.1 Å². The SMILES string of the molecule is COc1ccc(OP(=O)(O[C@H]2[C@H](O)[C@@H](CO)O[C@H](OC)[C@@H]2NC(C)=O)N2CCC[C@H]2C(=O)OCc2ccccc2)cc1. The number of methoxy groups -OCH3 is 2. The average molecular weight is 609 g/mol. The van der Waals surface area contributed by atoms with Crippen LogP contribution in [0.25, 0.3) is 0 Å². The maximum atomic E-state index is 14.8. The third-order valence-corrected chi connectivity index (χ3v) is 9.09. The van der Waals surface area contributed by atoms with Crippen molar-refractivity contribution >= 4 is 19.6 Å². The fraction of sp³-hybridized carbons (Fsp3) is 0.500. The lowest BCUT2D eigenvalue weighted by Crippen LogP contribution is -2.65. The monoisotopic (exact) mass is 608 g/mol. The molecule has 2 fully saturated rings. The van der Waals surface area contributed by atoms with E-state index in [2.05, 4.69) is 5.32 Å². The highest BCUT2D eigenvalue weighted by Gasteiger charge is 2.54. The van der Waals surface area contributed by atoms with E-state index >= 15 is 0 Å². The van der Waals surface area contributed by atoms with Crippen LogP contribution in [0.2, 0.25) is 0 Å². The molecule has 230 valence electrons. The van der Waals surface area contributed by atoms with E-state index < -0.39 is 62.9 Å². The molecule has 0 aromatic heterocycles. The van der Waals surface area contributed by atoms with Gasteiger partial charge in [0.05, 0.1) is 13.7 Å². The van der Waals surface area contributed by atoms with Gasteiger partial charge in [-0.25, -0.2) is 4.57 Å². The summed E-state index contributed by atoms with van der Waals surface area (Å²) >= 11 is 0. The Balaban J connectivity index is 1.67. The summed E-state index contributed by atoms with van der Waals surface area (Å²) in [5.41, 5.74) is 0.786. The van der Waals surface area contributed by atoms with E-state index in [4.69, 9.17) is 28.0 Å². The van der Waals surface area contributed by atoms with Crippen LogP contribution in [-0.4, -0.2) is 90.8 Å². The Kier molecular flexibility index (Phi) is 11.0. The standard InChI is InChI=1S/C28H37N2O11P/c1-18(32)29-24-26(25(33)23(16-31)39-28(24)37-3)41-42(35,40-21-13-11-20(36-2)12-14-21)30-15-7-10-22(30)27(34)38-17-19-8-5-4-6-9-19/h4-6,8-9,11-14,22-26,28,31,33H,7,10,15-17H2,1-3H3,(H,29,32)/t22-,23+,24+,25+,26+,28-,42?/m0/s1. The lowest BCUT2D eigenvalue weighted by atomic mass is 9.97. The predicted octanol–water partition coefficient (Wildman–Crippen LogP) is 2.00. The van der Waals surface area contributed by atoms with Gasteiger partial charge in [-0.05, 0) is 42.7 Å². The number of ether oxygens (including phenoxy) is 4. The van der Waals surface area contributed by atoms with E-state index in [0.717, 1.165) is 5.56 Å². The Morgan fingerprint density at radius 2 is 1.79 bits per heavy atom. The molecule has 2 aromatic carbocycles. The summed E-state index contributed by atoms with van der Waals surface area (Å²) in [7, 11) is -1.68. The molecule has 7 atom stereocenters. The van der Waals surface area contributed by atoms with E-state index in [-0.39, 0.29) is 18.9 Å². The zero-order valence-electron chi connectivity index (χ0n) is 23.7. The first-order chi connectivity index (χ1) is 20.2. The highest BCUT2D eigenvalue weighted by atomic mass is 31.2. The third-order valence-electron chi connectivity index (χ3n) is 7.03. The quantitative estimate of drug-likeness (QED) is 0.238. The van der Waals surface area contributed by atoms with Crippen LogP contribution in [0.4, 0.5) is 0 Å². The molecule has 2 aromatic rings. The molecule has 0 saturated carbocycles. The van der Waals surface area contributed by atoms with Crippen LogP contribution in [-0.2, 0) is 39.5 Å². The summed E-state index contributed by atoms with van der Waals surface area (Å²) in [5.74, 6) is -0.446. The molecule has 2 aliphatic heterocycles. The number of hydrogen-bond acceptors (Lipinski definition) is 11. The molecule has 0 bridgehead atoms. The number of esters is 1. The van der Waals surface area contributed by atoms with Gasteiger partial charge in [-0.15, -0.1) is 0 Å². The molecule has 2 saturated heterocycles. The molecule has 2 heterocycles. The second-order valence-electron chi connectivity index (χ2n) is 9.90. The van der Waals surface area contributed by atoms with Gasteiger partial charge in [0.2, 0.25) is 5.91 Å².